The van der Waals surface area contributed by atoms with Crippen LogP contribution in [0.1, 0.15) is 30.5 Å². The summed E-state index contributed by atoms with van der Waals surface area (Å²) in [6, 6.07) is 9.47. The highest BCUT2D eigenvalue weighted by atomic mass is 19.1. The molecule has 4 aromatic rings. The summed E-state index contributed by atoms with van der Waals surface area (Å²) < 4.78 is 25.7. The molecule has 3 heterocycles. The highest BCUT2D eigenvalue weighted by Gasteiger charge is 2.35. The molecule has 8 nitrogen and oxygen atoms in total. The van der Waals surface area contributed by atoms with Crippen molar-refractivity contribution in [2.24, 2.45) is 0 Å². The Balaban J connectivity index is 1.24. The number of aromatic nitrogens is 5. The van der Waals surface area contributed by atoms with Crippen LogP contribution >= 0.6 is 0 Å². The van der Waals surface area contributed by atoms with E-state index in [2.05, 4.69) is 20.1 Å². The van der Waals surface area contributed by atoms with Crippen LogP contribution < -0.4 is 10.3 Å². The van der Waals surface area contributed by atoms with Crippen molar-refractivity contribution in [2.45, 2.75) is 31.4 Å². The minimum atomic E-state index is -0.324. The van der Waals surface area contributed by atoms with E-state index < -0.39 is 0 Å². The Bertz CT molecular complexity index is 1230. The molecule has 0 saturated heterocycles. The van der Waals surface area contributed by atoms with Crippen molar-refractivity contribution < 1.29 is 13.7 Å². The molecular weight excluding hydrogens is 377 g/mol. The average Bonchev–Trinajstić information content (AvgIpc) is 3.15. The second-order valence-corrected chi connectivity index (χ2v) is 6.96. The van der Waals surface area contributed by atoms with Crippen LogP contribution in [-0.4, -0.2) is 30.8 Å². The molecule has 1 saturated carbocycles. The van der Waals surface area contributed by atoms with E-state index in [1.54, 1.807) is 30.5 Å². The molecule has 1 aliphatic rings. The Morgan fingerprint density at radius 2 is 2.10 bits per heavy atom. The molecule has 3 aromatic heterocycles. The summed E-state index contributed by atoms with van der Waals surface area (Å²) in [7, 11) is 0. The SMILES string of the molecule is O=c1c2cccnc2ncn1Cc1nc(C2CC(Oc3cccc(F)c3)C2)no1. The molecule has 0 N–H and O–H groups in total. The average molecular weight is 393 g/mol. The first-order valence-electron chi connectivity index (χ1n) is 9.20. The molecule has 0 unspecified atom stereocenters. The van der Waals surface area contributed by atoms with Crippen molar-refractivity contribution in [2.75, 3.05) is 0 Å². The van der Waals surface area contributed by atoms with Gasteiger partial charge in [-0.1, -0.05) is 11.2 Å². The molecule has 29 heavy (non-hydrogen) atoms. The van der Waals surface area contributed by atoms with Crippen molar-refractivity contribution in [1.82, 2.24) is 24.7 Å². The molecule has 0 amide bonds. The van der Waals surface area contributed by atoms with Crippen LogP contribution in [0.25, 0.3) is 11.0 Å². The summed E-state index contributed by atoms with van der Waals surface area (Å²) in [5.74, 6) is 1.22. The van der Waals surface area contributed by atoms with E-state index in [9.17, 15) is 9.18 Å². The maximum atomic E-state index is 13.2. The monoisotopic (exact) mass is 393 g/mol. The van der Waals surface area contributed by atoms with Crippen molar-refractivity contribution in [3.05, 3.63) is 76.8 Å². The van der Waals surface area contributed by atoms with Gasteiger partial charge < -0.3 is 9.26 Å². The van der Waals surface area contributed by atoms with Gasteiger partial charge in [0.15, 0.2) is 11.5 Å². The number of hydrogen-bond acceptors (Lipinski definition) is 7. The summed E-state index contributed by atoms with van der Waals surface area (Å²) in [6.45, 7) is 0.139. The van der Waals surface area contributed by atoms with Crippen LogP contribution in [0.5, 0.6) is 5.75 Å². The van der Waals surface area contributed by atoms with Gasteiger partial charge >= 0.3 is 0 Å². The Hall–Kier alpha value is -3.62. The van der Waals surface area contributed by atoms with Gasteiger partial charge in [0, 0.05) is 18.2 Å². The van der Waals surface area contributed by atoms with Gasteiger partial charge in [0.05, 0.1) is 5.39 Å². The van der Waals surface area contributed by atoms with Crippen LogP contribution in [0.4, 0.5) is 4.39 Å². The third kappa shape index (κ3) is 3.46. The fourth-order valence-electron chi connectivity index (χ4n) is 3.36. The number of nitrogens with zero attached hydrogens (tertiary/aromatic N) is 5. The van der Waals surface area contributed by atoms with Gasteiger partial charge in [-0.05, 0) is 37.1 Å². The molecule has 9 heteroatoms. The van der Waals surface area contributed by atoms with Gasteiger partial charge in [-0.2, -0.15) is 4.98 Å². The van der Waals surface area contributed by atoms with Crippen molar-refractivity contribution >= 4 is 11.0 Å². The zero-order valence-electron chi connectivity index (χ0n) is 15.2. The first-order valence-corrected chi connectivity index (χ1v) is 9.20. The minimum Gasteiger partial charge on any atom is -0.490 e. The summed E-state index contributed by atoms with van der Waals surface area (Å²) in [5.41, 5.74) is 0.189. The highest BCUT2D eigenvalue weighted by Crippen LogP contribution is 2.37. The Kier molecular flexibility index (Phi) is 4.27. The summed E-state index contributed by atoms with van der Waals surface area (Å²) in [6.07, 6.45) is 4.45. The van der Waals surface area contributed by atoms with E-state index in [4.69, 9.17) is 9.26 Å². The Morgan fingerprint density at radius 1 is 1.21 bits per heavy atom. The number of rotatable bonds is 5. The second kappa shape index (κ2) is 7.08. The van der Waals surface area contributed by atoms with Crippen LogP contribution in [0, 0.1) is 5.82 Å². The number of halogens is 1. The molecule has 146 valence electrons. The van der Waals surface area contributed by atoms with Crippen molar-refractivity contribution in [3.8, 4) is 5.75 Å². The lowest BCUT2D eigenvalue weighted by atomic mass is 9.82. The molecule has 1 aliphatic carbocycles. The number of hydrogen-bond donors (Lipinski definition) is 0. The van der Waals surface area contributed by atoms with Crippen LogP contribution in [-0.2, 0) is 6.54 Å². The predicted molar refractivity (Wildman–Crippen MR) is 100.0 cm³/mol. The maximum absolute atomic E-state index is 13.2. The lowest BCUT2D eigenvalue weighted by Gasteiger charge is -2.33. The third-order valence-electron chi connectivity index (χ3n) is 4.95. The van der Waals surface area contributed by atoms with E-state index >= 15 is 0 Å². The van der Waals surface area contributed by atoms with E-state index in [1.807, 2.05) is 0 Å². The number of fused-ring (bicyclic) bond motifs is 1. The maximum Gasteiger partial charge on any atom is 0.263 e. The molecule has 1 fully saturated rings. The Labute approximate surface area is 164 Å². The normalized spacial score (nSPS) is 18.5. The zero-order valence-corrected chi connectivity index (χ0v) is 15.2. The van der Waals surface area contributed by atoms with Gasteiger partial charge in [-0.3, -0.25) is 9.36 Å². The summed E-state index contributed by atoms with van der Waals surface area (Å²) >= 11 is 0. The smallest absolute Gasteiger partial charge is 0.263 e. The standard InChI is InChI=1S/C20H16FN5O3/c21-13-3-1-4-14(9-13)28-15-7-12(8-15)18-24-17(29-25-18)10-26-11-23-19-16(20(26)27)5-2-6-22-19/h1-6,9,11-12,15H,7-8,10H2. The highest BCUT2D eigenvalue weighted by molar-refractivity contribution is 5.72. The van der Waals surface area contributed by atoms with Gasteiger partial charge in [0.25, 0.3) is 5.56 Å². The number of ether oxygens (including phenoxy) is 1. The molecule has 0 radical (unpaired) electrons. The summed E-state index contributed by atoms with van der Waals surface area (Å²) in [4.78, 5) is 25.2. The third-order valence-corrected chi connectivity index (χ3v) is 4.95. The molecule has 0 atom stereocenters. The molecule has 0 aliphatic heterocycles. The van der Waals surface area contributed by atoms with Crippen LogP contribution in [0.2, 0.25) is 0 Å². The zero-order chi connectivity index (χ0) is 19.8. The largest absolute Gasteiger partial charge is 0.490 e. The molecular formula is C20H16FN5O3. The minimum absolute atomic E-state index is 0.0106. The number of pyridine rings is 1. The molecule has 0 spiro atoms. The number of benzene rings is 1. The first kappa shape index (κ1) is 17.5. The van der Waals surface area contributed by atoms with Gasteiger partial charge in [-0.15, -0.1) is 0 Å². The van der Waals surface area contributed by atoms with Crippen LogP contribution in [0.3, 0.4) is 0 Å². The fourth-order valence-corrected chi connectivity index (χ4v) is 3.36. The Morgan fingerprint density at radius 3 is 2.97 bits per heavy atom. The van der Waals surface area contributed by atoms with Gasteiger partial charge in [0.1, 0.15) is 30.5 Å². The van der Waals surface area contributed by atoms with E-state index in [0.717, 1.165) is 12.8 Å². The van der Waals surface area contributed by atoms with E-state index in [1.165, 1.54) is 23.0 Å². The topological polar surface area (TPSA) is 95.9 Å². The first-order chi connectivity index (χ1) is 14.2. The van der Waals surface area contributed by atoms with Crippen molar-refractivity contribution in [1.29, 1.82) is 0 Å². The lowest BCUT2D eigenvalue weighted by molar-refractivity contribution is 0.0939. The van der Waals surface area contributed by atoms with Gasteiger partial charge in [0.2, 0.25) is 5.89 Å². The second-order valence-electron chi connectivity index (χ2n) is 6.96. The van der Waals surface area contributed by atoms with E-state index in [0.29, 0.717) is 28.5 Å². The molecule has 1 aromatic carbocycles. The quantitative estimate of drug-likeness (QED) is 0.514. The van der Waals surface area contributed by atoms with Crippen molar-refractivity contribution in [3.63, 3.8) is 0 Å². The lowest BCUT2D eigenvalue weighted by Crippen LogP contribution is -2.32. The predicted octanol–water partition coefficient (Wildman–Crippen LogP) is 2.69. The van der Waals surface area contributed by atoms with Crippen LogP contribution in [0.15, 0.2) is 58.2 Å². The van der Waals surface area contributed by atoms with Gasteiger partial charge in [-0.25, -0.2) is 14.4 Å². The fraction of sp³-hybridized carbons (Fsp3) is 0.250. The molecule has 0 bridgehead atoms. The summed E-state index contributed by atoms with van der Waals surface area (Å²) in [5, 5.41) is 4.47. The molecule has 5 rings (SSSR count). The van der Waals surface area contributed by atoms with E-state index in [-0.39, 0.29) is 29.9 Å².